The van der Waals surface area contributed by atoms with Crippen molar-refractivity contribution in [1.82, 2.24) is 5.32 Å². The number of ether oxygens (including phenoxy) is 1. The fourth-order valence-electron chi connectivity index (χ4n) is 1.88. The van der Waals surface area contributed by atoms with Crippen LogP contribution in [0.2, 0.25) is 0 Å². The average Bonchev–Trinajstić information content (AvgIpc) is 2.34. The van der Waals surface area contributed by atoms with Crippen molar-refractivity contribution in [2.75, 3.05) is 6.54 Å². The molecule has 0 fully saturated rings. The molecule has 0 aromatic carbocycles. The second-order valence-electron chi connectivity index (χ2n) is 6.09. The minimum absolute atomic E-state index is 0.177. The second-order valence-corrected chi connectivity index (χ2v) is 6.09. The quantitative estimate of drug-likeness (QED) is 0.505. The first-order valence-corrected chi connectivity index (χ1v) is 7.62. The third-order valence-corrected chi connectivity index (χ3v) is 2.92. The zero-order chi connectivity index (χ0) is 16.5. The minimum Gasteiger partial charge on any atom is -0.460 e. The molecule has 0 aliphatic rings. The van der Waals surface area contributed by atoms with Gasteiger partial charge < -0.3 is 15.8 Å². The summed E-state index contributed by atoms with van der Waals surface area (Å²) in [4.78, 5) is 23.1. The van der Waals surface area contributed by atoms with Crippen molar-refractivity contribution in [2.45, 2.75) is 71.9 Å². The Hall–Kier alpha value is -1.36. The summed E-state index contributed by atoms with van der Waals surface area (Å²) in [5.74, 6) is -0.749. The molecule has 0 heterocycles. The van der Waals surface area contributed by atoms with Crippen LogP contribution in [0.15, 0.2) is 11.6 Å². The van der Waals surface area contributed by atoms with Crippen molar-refractivity contribution in [3.63, 3.8) is 0 Å². The topological polar surface area (TPSA) is 81.4 Å². The molecule has 0 saturated heterocycles. The summed E-state index contributed by atoms with van der Waals surface area (Å²) in [6, 6.07) is -0.510. The summed E-state index contributed by atoms with van der Waals surface area (Å²) in [6.45, 7) is 10.2. The molecule has 5 heteroatoms. The van der Waals surface area contributed by atoms with Gasteiger partial charge in [-0.1, -0.05) is 25.5 Å². The summed E-state index contributed by atoms with van der Waals surface area (Å²) < 4.78 is 5.22. The summed E-state index contributed by atoms with van der Waals surface area (Å²) in [5, 5.41) is 3.12. The van der Waals surface area contributed by atoms with Crippen LogP contribution in [-0.2, 0) is 14.3 Å². The van der Waals surface area contributed by atoms with Gasteiger partial charge >= 0.3 is 5.97 Å². The molecule has 0 aliphatic carbocycles. The maximum Gasteiger partial charge on any atom is 0.306 e. The lowest BCUT2D eigenvalue weighted by molar-refractivity contribution is -0.155. The molecule has 1 amide bonds. The van der Waals surface area contributed by atoms with Crippen molar-refractivity contribution in [1.29, 1.82) is 0 Å². The van der Waals surface area contributed by atoms with Gasteiger partial charge in [0.2, 0.25) is 5.91 Å². The Morgan fingerprint density at radius 2 is 1.90 bits per heavy atom. The van der Waals surface area contributed by atoms with Crippen molar-refractivity contribution >= 4 is 11.9 Å². The highest BCUT2D eigenvalue weighted by molar-refractivity contribution is 5.80. The SMILES string of the molecule is CC/C=C(\CC)CN[C@@H](CCC(=O)OC(C)(C)C)C(N)=O. The van der Waals surface area contributed by atoms with E-state index in [2.05, 4.69) is 25.2 Å². The third-order valence-electron chi connectivity index (χ3n) is 2.92. The van der Waals surface area contributed by atoms with E-state index in [0.717, 1.165) is 12.8 Å². The number of carbonyl (C=O) groups excluding carboxylic acids is 2. The fraction of sp³-hybridized carbons (Fsp3) is 0.750. The average molecular weight is 298 g/mol. The van der Waals surface area contributed by atoms with Gasteiger partial charge in [0.15, 0.2) is 0 Å². The number of allylic oxidation sites excluding steroid dienone is 1. The van der Waals surface area contributed by atoms with Gasteiger partial charge in [0.1, 0.15) is 5.60 Å². The first kappa shape index (κ1) is 19.6. The molecule has 0 radical (unpaired) electrons. The van der Waals surface area contributed by atoms with E-state index in [9.17, 15) is 9.59 Å². The highest BCUT2D eigenvalue weighted by Gasteiger charge is 2.20. The zero-order valence-corrected chi connectivity index (χ0v) is 14.0. The summed E-state index contributed by atoms with van der Waals surface area (Å²) in [7, 11) is 0. The largest absolute Gasteiger partial charge is 0.460 e. The maximum atomic E-state index is 11.7. The number of esters is 1. The molecule has 122 valence electrons. The van der Waals surface area contributed by atoms with E-state index in [0.29, 0.717) is 13.0 Å². The van der Waals surface area contributed by atoms with Gasteiger partial charge in [-0.3, -0.25) is 9.59 Å². The smallest absolute Gasteiger partial charge is 0.306 e. The van der Waals surface area contributed by atoms with Crippen LogP contribution in [0.25, 0.3) is 0 Å². The highest BCUT2D eigenvalue weighted by atomic mass is 16.6. The number of nitrogens with one attached hydrogen (secondary N) is 1. The normalized spacial score (nSPS) is 13.9. The first-order chi connectivity index (χ1) is 9.69. The molecule has 0 saturated carbocycles. The predicted octanol–water partition coefficient (Wildman–Crippen LogP) is 2.30. The van der Waals surface area contributed by atoms with Crippen LogP contribution in [0.1, 0.15) is 60.3 Å². The van der Waals surface area contributed by atoms with E-state index in [1.54, 1.807) is 0 Å². The van der Waals surface area contributed by atoms with Crippen molar-refractivity contribution < 1.29 is 14.3 Å². The molecule has 0 aromatic heterocycles. The molecule has 0 unspecified atom stereocenters. The number of nitrogens with two attached hydrogens (primary N) is 1. The van der Waals surface area contributed by atoms with Gasteiger partial charge in [-0.25, -0.2) is 0 Å². The maximum absolute atomic E-state index is 11.7. The van der Waals surface area contributed by atoms with E-state index in [-0.39, 0.29) is 12.4 Å². The standard InChI is InChI=1S/C16H30N2O3/c1-6-8-12(7-2)11-18-13(15(17)20)9-10-14(19)21-16(3,4)5/h8,13,18H,6-7,9-11H2,1-5H3,(H2,17,20)/b12-8+/t13-/m0/s1. The van der Waals surface area contributed by atoms with Crippen LogP contribution in [0.4, 0.5) is 0 Å². The molecule has 5 nitrogen and oxygen atoms in total. The lowest BCUT2D eigenvalue weighted by atomic mass is 10.1. The Kier molecular flexibility index (Phi) is 8.93. The number of hydrogen-bond acceptors (Lipinski definition) is 4. The number of amides is 1. The van der Waals surface area contributed by atoms with E-state index < -0.39 is 17.6 Å². The van der Waals surface area contributed by atoms with E-state index in [1.807, 2.05) is 20.8 Å². The molecule has 3 N–H and O–H groups in total. The van der Waals surface area contributed by atoms with Gasteiger partial charge in [0.05, 0.1) is 6.04 Å². The van der Waals surface area contributed by atoms with E-state index in [1.165, 1.54) is 5.57 Å². The lowest BCUT2D eigenvalue weighted by Gasteiger charge is -2.21. The Morgan fingerprint density at radius 1 is 1.29 bits per heavy atom. The van der Waals surface area contributed by atoms with Crippen LogP contribution < -0.4 is 11.1 Å². The van der Waals surface area contributed by atoms with Crippen LogP contribution >= 0.6 is 0 Å². The van der Waals surface area contributed by atoms with Gasteiger partial charge in [-0.05, 0) is 40.0 Å². The summed E-state index contributed by atoms with van der Waals surface area (Å²) in [6.07, 6.45) is 4.56. The lowest BCUT2D eigenvalue weighted by Crippen LogP contribution is -2.42. The predicted molar refractivity (Wildman–Crippen MR) is 84.7 cm³/mol. The van der Waals surface area contributed by atoms with E-state index >= 15 is 0 Å². The van der Waals surface area contributed by atoms with Gasteiger partial charge in [0, 0.05) is 13.0 Å². The molecular formula is C16H30N2O3. The number of rotatable bonds is 9. The molecule has 0 aromatic rings. The van der Waals surface area contributed by atoms with Crippen LogP contribution in [-0.4, -0.2) is 30.1 Å². The first-order valence-electron chi connectivity index (χ1n) is 7.62. The molecule has 0 spiro atoms. The van der Waals surface area contributed by atoms with E-state index in [4.69, 9.17) is 10.5 Å². The molecule has 0 aliphatic heterocycles. The van der Waals surface area contributed by atoms with Gasteiger partial charge in [-0.15, -0.1) is 0 Å². The molecule has 0 bridgehead atoms. The van der Waals surface area contributed by atoms with Crippen LogP contribution in [0, 0.1) is 0 Å². The Labute approximate surface area is 128 Å². The molecular weight excluding hydrogens is 268 g/mol. The van der Waals surface area contributed by atoms with Gasteiger partial charge in [-0.2, -0.15) is 0 Å². The van der Waals surface area contributed by atoms with Gasteiger partial charge in [0.25, 0.3) is 0 Å². The minimum atomic E-state index is -0.510. The Bertz CT molecular complexity index is 370. The number of primary amides is 1. The summed E-state index contributed by atoms with van der Waals surface area (Å²) >= 11 is 0. The second kappa shape index (κ2) is 9.55. The summed E-state index contributed by atoms with van der Waals surface area (Å²) in [5.41, 5.74) is 6.11. The fourth-order valence-corrected chi connectivity index (χ4v) is 1.88. The molecule has 21 heavy (non-hydrogen) atoms. The van der Waals surface area contributed by atoms with Crippen molar-refractivity contribution in [2.24, 2.45) is 5.73 Å². The number of hydrogen-bond donors (Lipinski definition) is 2. The molecule has 0 rings (SSSR count). The number of carbonyl (C=O) groups is 2. The Morgan fingerprint density at radius 3 is 2.33 bits per heavy atom. The third kappa shape index (κ3) is 10.1. The Balaban J connectivity index is 4.35. The zero-order valence-electron chi connectivity index (χ0n) is 14.0. The molecule has 1 atom stereocenters. The van der Waals surface area contributed by atoms with Crippen molar-refractivity contribution in [3.8, 4) is 0 Å². The van der Waals surface area contributed by atoms with Crippen LogP contribution in [0.5, 0.6) is 0 Å². The monoisotopic (exact) mass is 298 g/mol. The highest BCUT2D eigenvalue weighted by Crippen LogP contribution is 2.10. The van der Waals surface area contributed by atoms with Crippen LogP contribution in [0.3, 0.4) is 0 Å². The van der Waals surface area contributed by atoms with Crippen molar-refractivity contribution in [3.05, 3.63) is 11.6 Å².